The van der Waals surface area contributed by atoms with Gasteiger partial charge in [-0.25, -0.2) is 4.39 Å². The fourth-order valence-corrected chi connectivity index (χ4v) is 1.75. The fourth-order valence-electron chi connectivity index (χ4n) is 1.75. The Kier molecular flexibility index (Phi) is 4.52. The number of rotatable bonds is 5. The lowest BCUT2D eigenvalue weighted by atomic mass is 10.1. The Hall–Kier alpha value is -2.87. The van der Waals surface area contributed by atoms with Crippen LogP contribution < -0.4 is 9.47 Å². The Balaban J connectivity index is 2.09. The van der Waals surface area contributed by atoms with Crippen LogP contribution in [0.2, 0.25) is 0 Å². The molecule has 106 valence electrons. The molecule has 0 aliphatic heterocycles. The minimum atomic E-state index is -0.610. The number of para-hydroxylation sites is 1. The lowest BCUT2D eigenvalue weighted by molar-refractivity contribution is 0.0921. The van der Waals surface area contributed by atoms with E-state index in [4.69, 9.17) is 14.7 Å². The molecule has 2 rings (SSSR count). The van der Waals surface area contributed by atoms with Gasteiger partial charge in [-0.3, -0.25) is 4.79 Å². The number of Topliss-reactive ketones (excluding diaryl/α,β-unsaturated/α-hetero) is 1. The molecule has 0 N–H and O–H groups in total. The molecule has 5 heteroatoms. The highest BCUT2D eigenvalue weighted by molar-refractivity contribution is 5.97. The van der Waals surface area contributed by atoms with Gasteiger partial charge in [0.05, 0.1) is 12.7 Å². The van der Waals surface area contributed by atoms with E-state index in [0.717, 1.165) is 6.07 Å². The van der Waals surface area contributed by atoms with Gasteiger partial charge >= 0.3 is 0 Å². The van der Waals surface area contributed by atoms with Crippen LogP contribution in [0.15, 0.2) is 42.5 Å². The van der Waals surface area contributed by atoms with Gasteiger partial charge in [0.2, 0.25) is 0 Å². The number of hydrogen-bond acceptors (Lipinski definition) is 4. The molecule has 0 fully saturated rings. The van der Waals surface area contributed by atoms with E-state index in [1.165, 1.54) is 19.2 Å². The quantitative estimate of drug-likeness (QED) is 0.792. The lowest BCUT2D eigenvalue weighted by Crippen LogP contribution is -2.12. The maximum atomic E-state index is 13.5. The van der Waals surface area contributed by atoms with Crippen LogP contribution in [0.1, 0.15) is 15.9 Å². The Labute approximate surface area is 121 Å². The molecule has 21 heavy (non-hydrogen) atoms. The summed E-state index contributed by atoms with van der Waals surface area (Å²) in [4.78, 5) is 12.0. The van der Waals surface area contributed by atoms with E-state index in [2.05, 4.69) is 0 Å². The Bertz CT molecular complexity index is 707. The van der Waals surface area contributed by atoms with E-state index in [-0.39, 0.29) is 23.7 Å². The van der Waals surface area contributed by atoms with Gasteiger partial charge in [-0.05, 0) is 30.3 Å². The van der Waals surface area contributed by atoms with Crippen LogP contribution >= 0.6 is 0 Å². The summed E-state index contributed by atoms with van der Waals surface area (Å²) in [6.45, 7) is -0.273. The van der Waals surface area contributed by atoms with Crippen molar-refractivity contribution in [3.63, 3.8) is 0 Å². The number of ether oxygens (including phenoxy) is 2. The first kappa shape index (κ1) is 14.5. The minimum Gasteiger partial charge on any atom is -0.494 e. The van der Waals surface area contributed by atoms with Crippen LogP contribution in [-0.2, 0) is 0 Å². The van der Waals surface area contributed by atoms with Crippen molar-refractivity contribution < 1.29 is 18.7 Å². The predicted octanol–water partition coefficient (Wildman–Crippen LogP) is 2.97. The molecule has 0 bridgehead atoms. The molecule has 0 unspecified atom stereocenters. The van der Waals surface area contributed by atoms with Gasteiger partial charge in [-0.15, -0.1) is 0 Å². The first-order valence-corrected chi connectivity index (χ1v) is 6.14. The molecule has 4 nitrogen and oxygen atoms in total. The molecule has 0 radical (unpaired) electrons. The van der Waals surface area contributed by atoms with Gasteiger partial charge in [-0.1, -0.05) is 12.1 Å². The Morgan fingerprint density at radius 1 is 1.24 bits per heavy atom. The fraction of sp³-hybridized carbons (Fsp3) is 0.125. The zero-order valence-corrected chi connectivity index (χ0v) is 11.3. The molecule has 0 aliphatic rings. The smallest absolute Gasteiger partial charge is 0.200 e. The topological polar surface area (TPSA) is 59.3 Å². The molecule has 2 aromatic rings. The van der Waals surface area contributed by atoms with Crippen molar-refractivity contribution in [3.8, 4) is 17.6 Å². The van der Waals surface area contributed by atoms with Crippen LogP contribution in [0.4, 0.5) is 4.39 Å². The number of halogens is 1. The Morgan fingerprint density at radius 2 is 2.00 bits per heavy atom. The third-order valence-electron chi connectivity index (χ3n) is 2.84. The maximum Gasteiger partial charge on any atom is 0.200 e. The zero-order valence-electron chi connectivity index (χ0n) is 11.3. The summed E-state index contributed by atoms with van der Waals surface area (Å²) < 4.78 is 23.6. The normalized spacial score (nSPS) is 9.76. The number of benzene rings is 2. The highest BCUT2D eigenvalue weighted by atomic mass is 19.1. The second-order valence-electron chi connectivity index (χ2n) is 4.17. The van der Waals surface area contributed by atoms with E-state index < -0.39 is 5.82 Å². The van der Waals surface area contributed by atoms with Crippen molar-refractivity contribution in [1.82, 2.24) is 0 Å². The standard InChI is InChI=1S/C16H12FNO3/c1-20-16-7-6-11(8-13(16)17)14(19)10-21-15-5-3-2-4-12(15)9-18/h2-8H,10H2,1H3. The van der Waals surface area contributed by atoms with E-state index in [1.807, 2.05) is 6.07 Å². The van der Waals surface area contributed by atoms with E-state index in [1.54, 1.807) is 24.3 Å². The number of methoxy groups -OCH3 is 1. The lowest BCUT2D eigenvalue weighted by Gasteiger charge is -2.08. The van der Waals surface area contributed by atoms with Gasteiger partial charge in [-0.2, -0.15) is 5.26 Å². The number of nitriles is 1. The monoisotopic (exact) mass is 285 g/mol. The highest BCUT2D eigenvalue weighted by Gasteiger charge is 2.12. The summed E-state index contributed by atoms with van der Waals surface area (Å²) in [5.41, 5.74) is 0.522. The summed E-state index contributed by atoms with van der Waals surface area (Å²) in [6, 6.07) is 12.5. The summed E-state index contributed by atoms with van der Waals surface area (Å²) in [7, 11) is 1.35. The maximum absolute atomic E-state index is 13.5. The number of carbonyl (C=O) groups excluding carboxylic acids is 1. The van der Waals surface area contributed by atoms with Gasteiger partial charge in [0.15, 0.2) is 24.0 Å². The van der Waals surface area contributed by atoms with Crippen molar-refractivity contribution in [2.75, 3.05) is 13.7 Å². The molecular formula is C16H12FNO3. The van der Waals surface area contributed by atoms with Crippen molar-refractivity contribution >= 4 is 5.78 Å². The molecule has 0 saturated carbocycles. The van der Waals surface area contributed by atoms with Crippen LogP contribution in [0.5, 0.6) is 11.5 Å². The third kappa shape index (κ3) is 3.37. The largest absolute Gasteiger partial charge is 0.494 e. The second-order valence-corrected chi connectivity index (χ2v) is 4.17. The molecule has 2 aromatic carbocycles. The summed E-state index contributed by atoms with van der Waals surface area (Å²) in [5.74, 6) is -0.602. The first-order valence-electron chi connectivity index (χ1n) is 6.14. The average molecular weight is 285 g/mol. The molecule has 0 atom stereocenters. The molecule has 0 spiro atoms. The minimum absolute atomic E-state index is 0.0716. The number of nitrogens with zero attached hydrogens (tertiary/aromatic N) is 1. The van der Waals surface area contributed by atoms with Crippen molar-refractivity contribution in [2.24, 2.45) is 0 Å². The van der Waals surface area contributed by atoms with Crippen LogP contribution in [0.3, 0.4) is 0 Å². The molecule has 0 amide bonds. The number of carbonyl (C=O) groups is 1. The van der Waals surface area contributed by atoms with Crippen LogP contribution in [0, 0.1) is 17.1 Å². The van der Waals surface area contributed by atoms with Crippen molar-refractivity contribution in [3.05, 3.63) is 59.4 Å². The summed E-state index contributed by atoms with van der Waals surface area (Å²) in [6.07, 6.45) is 0. The number of ketones is 1. The van der Waals surface area contributed by atoms with Gasteiger partial charge in [0, 0.05) is 5.56 Å². The van der Waals surface area contributed by atoms with E-state index in [9.17, 15) is 9.18 Å². The Morgan fingerprint density at radius 3 is 2.67 bits per heavy atom. The molecule has 0 aliphatic carbocycles. The second kappa shape index (κ2) is 6.53. The third-order valence-corrected chi connectivity index (χ3v) is 2.84. The molecular weight excluding hydrogens is 273 g/mol. The SMILES string of the molecule is COc1ccc(C(=O)COc2ccccc2C#N)cc1F. The molecule has 0 aromatic heterocycles. The first-order chi connectivity index (χ1) is 10.2. The highest BCUT2D eigenvalue weighted by Crippen LogP contribution is 2.19. The molecule has 0 heterocycles. The summed E-state index contributed by atoms with van der Waals surface area (Å²) >= 11 is 0. The zero-order chi connectivity index (χ0) is 15.2. The average Bonchev–Trinajstić information content (AvgIpc) is 2.52. The van der Waals surface area contributed by atoms with Gasteiger partial charge in [0.1, 0.15) is 11.8 Å². The van der Waals surface area contributed by atoms with Gasteiger partial charge in [0.25, 0.3) is 0 Å². The van der Waals surface area contributed by atoms with E-state index in [0.29, 0.717) is 11.3 Å². The van der Waals surface area contributed by atoms with Crippen molar-refractivity contribution in [1.29, 1.82) is 5.26 Å². The van der Waals surface area contributed by atoms with Crippen LogP contribution in [0.25, 0.3) is 0 Å². The predicted molar refractivity (Wildman–Crippen MR) is 73.9 cm³/mol. The van der Waals surface area contributed by atoms with Gasteiger partial charge < -0.3 is 9.47 Å². The van der Waals surface area contributed by atoms with Crippen molar-refractivity contribution in [2.45, 2.75) is 0 Å². The van der Waals surface area contributed by atoms with Crippen LogP contribution in [-0.4, -0.2) is 19.5 Å². The molecule has 0 saturated heterocycles. The summed E-state index contributed by atoms with van der Waals surface area (Å²) in [5, 5.41) is 8.92. The van der Waals surface area contributed by atoms with E-state index >= 15 is 0 Å². The number of hydrogen-bond donors (Lipinski definition) is 0.